The van der Waals surface area contributed by atoms with Crippen LogP contribution in [0, 0.1) is 17.9 Å². The lowest BCUT2D eigenvalue weighted by atomic mass is 10.0. The van der Waals surface area contributed by atoms with Gasteiger partial charge < -0.3 is 9.47 Å². The molecule has 8 rings (SSSR count). The zero-order valence-electron chi connectivity index (χ0n) is 23.2. The van der Waals surface area contributed by atoms with E-state index in [1.807, 2.05) is 48.5 Å². The first-order valence-corrected chi connectivity index (χ1v) is 14.3. The first kappa shape index (κ1) is 24.7. The van der Waals surface area contributed by atoms with Gasteiger partial charge in [0.05, 0.1) is 40.6 Å². The number of nitrogens with zero attached hydrogens (tertiary/aromatic N) is 4. The van der Waals surface area contributed by atoms with Crippen molar-refractivity contribution >= 4 is 44.6 Å². The van der Waals surface area contributed by atoms with Crippen LogP contribution in [0.1, 0.15) is 16.7 Å². The summed E-state index contributed by atoms with van der Waals surface area (Å²) in [4.78, 5) is 5.97. The fraction of sp³-hybridized carbons (Fsp3) is 0.0256. The summed E-state index contributed by atoms with van der Waals surface area (Å²) in [6.45, 7) is 7.97. The summed E-state index contributed by atoms with van der Waals surface area (Å²) in [6.07, 6.45) is 0.880. The molecule has 0 spiro atoms. The highest BCUT2D eigenvalue weighted by Crippen LogP contribution is 2.47. The van der Waals surface area contributed by atoms with E-state index in [9.17, 15) is 5.26 Å². The van der Waals surface area contributed by atoms with Crippen molar-refractivity contribution in [2.45, 2.75) is 6.42 Å². The minimum atomic E-state index is 0.335. The normalized spacial score (nSPS) is 11.6. The molecule has 1 aliphatic carbocycles. The van der Waals surface area contributed by atoms with Crippen molar-refractivity contribution in [3.63, 3.8) is 0 Å². The minimum Gasteiger partial charge on any atom is -0.308 e. The second kappa shape index (κ2) is 9.77. The van der Waals surface area contributed by atoms with Gasteiger partial charge in [-0.15, -0.1) is 0 Å². The molecular formula is C39H24N4. The Morgan fingerprint density at radius 2 is 1.37 bits per heavy atom. The fourth-order valence-electron chi connectivity index (χ4n) is 6.64. The number of aromatic nitrogens is 1. The van der Waals surface area contributed by atoms with E-state index < -0.39 is 0 Å². The SMILES string of the molecule is [C-]#[N+]c1cc(-n2c3ccccc3c3c4c(ccc32)-c2ccccc2C4)c(N(c2ccccc2)c2ccccc2)cc1C#N. The predicted octanol–water partition coefficient (Wildman–Crippen LogP) is 10.2. The van der Waals surface area contributed by atoms with Crippen molar-refractivity contribution in [3.8, 4) is 22.9 Å². The number of benzene rings is 6. The number of hydrogen-bond donors (Lipinski definition) is 0. The van der Waals surface area contributed by atoms with Gasteiger partial charge in [0.1, 0.15) is 0 Å². The largest absolute Gasteiger partial charge is 0.308 e. The second-order valence-electron chi connectivity index (χ2n) is 10.8. The summed E-state index contributed by atoms with van der Waals surface area (Å²) in [7, 11) is 0. The first-order valence-electron chi connectivity index (χ1n) is 14.3. The van der Waals surface area contributed by atoms with Crippen molar-refractivity contribution in [2.75, 3.05) is 4.90 Å². The highest BCUT2D eigenvalue weighted by atomic mass is 15.2. The second-order valence-corrected chi connectivity index (χ2v) is 10.8. The van der Waals surface area contributed by atoms with E-state index in [-0.39, 0.29) is 0 Å². The number of para-hydroxylation sites is 3. The number of nitriles is 1. The molecule has 0 bridgehead atoms. The molecular weight excluding hydrogens is 524 g/mol. The van der Waals surface area contributed by atoms with Gasteiger partial charge in [0.2, 0.25) is 5.69 Å². The smallest absolute Gasteiger partial charge is 0.206 e. The molecule has 0 fully saturated rings. The zero-order valence-corrected chi connectivity index (χ0v) is 23.2. The van der Waals surface area contributed by atoms with Crippen LogP contribution < -0.4 is 4.90 Å². The molecule has 1 aliphatic rings. The molecule has 0 unspecified atom stereocenters. The van der Waals surface area contributed by atoms with E-state index in [4.69, 9.17) is 6.57 Å². The quantitative estimate of drug-likeness (QED) is 0.205. The molecule has 0 amide bonds. The molecule has 0 aliphatic heterocycles. The van der Waals surface area contributed by atoms with Gasteiger partial charge >= 0.3 is 0 Å². The Labute approximate surface area is 249 Å². The minimum absolute atomic E-state index is 0.335. The summed E-state index contributed by atoms with van der Waals surface area (Å²) in [6, 6.07) is 48.0. The molecule has 0 atom stereocenters. The Kier molecular flexibility index (Phi) is 5.61. The molecule has 4 heteroatoms. The molecule has 200 valence electrons. The summed E-state index contributed by atoms with van der Waals surface area (Å²) in [5.41, 5.74) is 11.7. The van der Waals surface area contributed by atoms with Gasteiger partial charge in [0, 0.05) is 22.1 Å². The van der Waals surface area contributed by atoms with E-state index in [0.717, 1.165) is 40.2 Å². The highest BCUT2D eigenvalue weighted by Gasteiger charge is 2.26. The Hall–Kier alpha value is -6.10. The molecule has 0 radical (unpaired) electrons. The number of anilines is 3. The standard InChI is InChI=1S/C39H24N4/c1-41-34-24-38(37(23-27(34)25-40)42(28-13-4-2-5-14-28)29-15-6-3-7-16-29)43-35-19-11-10-18-32(35)39-33-22-26-12-8-9-17-30(26)31(33)20-21-36(39)43/h2-21,23-24H,22H2. The molecule has 4 nitrogen and oxygen atoms in total. The van der Waals surface area contributed by atoms with Crippen molar-refractivity contribution < 1.29 is 0 Å². The van der Waals surface area contributed by atoms with Crippen LogP contribution in [0.5, 0.6) is 0 Å². The van der Waals surface area contributed by atoms with Crippen molar-refractivity contribution in [2.24, 2.45) is 0 Å². The number of hydrogen-bond acceptors (Lipinski definition) is 2. The third-order valence-electron chi connectivity index (χ3n) is 8.47. The van der Waals surface area contributed by atoms with Crippen LogP contribution in [0.4, 0.5) is 22.7 Å². The maximum atomic E-state index is 10.1. The Bertz CT molecular complexity index is 2240. The molecule has 1 heterocycles. The van der Waals surface area contributed by atoms with E-state index in [1.54, 1.807) is 0 Å². The summed E-state index contributed by atoms with van der Waals surface area (Å²) >= 11 is 0. The molecule has 6 aromatic carbocycles. The third kappa shape index (κ3) is 3.75. The zero-order chi connectivity index (χ0) is 28.9. The van der Waals surface area contributed by atoms with Crippen molar-refractivity contribution in [1.82, 2.24) is 4.57 Å². The van der Waals surface area contributed by atoms with Crippen LogP contribution in [0.3, 0.4) is 0 Å². The Morgan fingerprint density at radius 1 is 0.698 bits per heavy atom. The van der Waals surface area contributed by atoms with Crippen LogP contribution in [0.2, 0.25) is 0 Å². The lowest BCUT2D eigenvalue weighted by molar-refractivity contribution is 1.15. The fourth-order valence-corrected chi connectivity index (χ4v) is 6.64. The summed E-state index contributed by atoms with van der Waals surface area (Å²) in [5, 5.41) is 12.5. The van der Waals surface area contributed by atoms with Gasteiger partial charge in [-0.25, -0.2) is 4.85 Å². The van der Waals surface area contributed by atoms with Crippen LogP contribution >= 0.6 is 0 Å². The molecule has 0 saturated heterocycles. The third-order valence-corrected chi connectivity index (χ3v) is 8.47. The lowest BCUT2D eigenvalue weighted by Crippen LogP contribution is -2.13. The number of rotatable bonds is 4. The van der Waals surface area contributed by atoms with Crippen molar-refractivity contribution in [1.29, 1.82) is 5.26 Å². The molecule has 1 aromatic heterocycles. The molecule has 0 saturated carbocycles. The molecule has 43 heavy (non-hydrogen) atoms. The van der Waals surface area contributed by atoms with Gasteiger partial charge in [-0.1, -0.05) is 84.9 Å². The Balaban J connectivity index is 1.49. The Morgan fingerprint density at radius 3 is 2.09 bits per heavy atom. The maximum Gasteiger partial charge on any atom is 0.206 e. The van der Waals surface area contributed by atoms with Crippen LogP contribution in [0.25, 0.3) is 43.5 Å². The van der Waals surface area contributed by atoms with Gasteiger partial charge in [-0.3, -0.25) is 0 Å². The van der Waals surface area contributed by atoms with Crippen LogP contribution in [-0.4, -0.2) is 4.57 Å². The van der Waals surface area contributed by atoms with E-state index in [2.05, 4.69) is 105 Å². The topological polar surface area (TPSA) is 36.3 Å². The predicted molar refractivity (Wildman–Crippen MR) is 175 cm³/mol. The lowest BCUT2D eigenvalue weighted by Gasteiger charge is -2.29. The highest BCUT2D eigenvalue weighted by molar-refractivity contribution is 6.14. The van der Waals surface area contributed by atoms with E-state index in [1.165, 1.54) is 33.0 Å². The maximum absolute atomic E-state index is 10.1. The molecule has 7 aromatic rings. The van der Waals surface area contributed by atoms with E-state index in [0.29, 0.717) is 11.3 Å². The van der Waals surface area contributed by atoms with E-state index >= 15 is 0 Å². The molecule has 0 N–H and O–H groups in total. The summed E-state index contributed by atoms with van der Waals surface area (Å²) < 4.78 is 2.28. The average Bonchev–Trinajstić information content (AvgIpc) is 3.61. The van der Waals surface area contributed by atoms with Crippen LogP contribution in [-0.2, 0) is 6.42 Å². The van der Waals surface area contributed by atoms with Gasteiger partial charge in [0.15, 0.2) is 0 Å². The number of fused-ring (bicyclic) bond motifs is 7. The average molecular weight is 549 g/mol. The van der Waals surface area contributed by atoms with Crippen LogP contribution in [0.15, 0.2) is 133 Å². The first-order chi connectivity index (χ1) is 21.3. The van der Waals surface area contributed by atoms with Crippen molar-refractivity contribution in [3.05, 3.63) is 162 Å². The monoisotopic (exact) mass is 548 g/mol. The summed E-state index contributed by atoms with van der Waals surface area (Å²) in [5.74, 6) is 0. The van der Waals surface area contributed by atoms with Gasteiger partial charge in [0.25, 0.3) is 0 Å². The van der Waals surface area contributed by atoms with Gasteiger partial charge in [-0.2, -0.15) is 5.26 Å². The van der Waals surface area contributed by atoms with Gasteiger partial charge in [-0.05, 0) is 77.2 Å².